The zero-order valence-corrected chi connectivity index (χ0v) is 8.53. The molecule has 0 aliphatic rings. The largest absolute Gasteiger partial charge is 0.481 e. The smallest absolute Gasteiger partial charge is 0.314 e. The second kappa shape index (κ2) is 4.26. The molecule has 1 rings (SSSR count). The highest BCUT2D eigenvalue weighted by atomic mass is 19.1. The van der Waals surface area contributed by atoms with Crippen LogP contribution in [0.5, 0.6) is 0 Å². The molecule has 0 saturated carbocycles. The lowest BCUT2D eigenvalue weighted by molar-refractivity contribution is -0.143. The third kappa shape index (κ3) is 2.24. The van der Waals surface area contributed by atoms with Gasteiger partial charge in [0.2, 0.25) is 0 Å². The molecule has 0 saturated heterocycles. The molecule has 0 aliphatic heterocycles. The summed E-state index contributed by atoms with van der Waals surface area (Å²) >= 11 is 0. The van der Waals surface area contributed by atoms with Crippen molar-refractivity contribution in [2.45, 2.75) is 18.8 Å². The molecule has 1 aromatic carbocycles. The number of carboxylic acids is 1. The third-order valence-corrected chi connectivity index (χ3v) is 2.51. The molecule has 0 unspecified atom stereocenters. The molecule has 0 heterocycles. The lowest BCUT2D eigenvalue weighted by Crippen LogP contribution is -2.31. The Morgan fingerprint density at radius 3 is 2.47 bits per heavy atom. The second-order valence-electron chi connectivity index (χ2n) is 3.64. The van der Waals surface area contributed by atoms with Crippen LogP contribution in [0.3, 0.4) is 0 Å². The summed E-state index contributed by atoms with van der Waals surface area (Å²) in [6.07, 6.45) is 1.87. The molecule has 15 heavy (non-hydrogen) atoms. The van der Waals surface area contributed by atoms with E-state index in [1.54, 1.807) is 13.0 Å². The average molecular weight is 208 g/mol. The molecule has 80 valence electrons. The first-order valence-electron chi connectivity index (χ1n) is 4.61. The van der Waals surface area contributed by atoms with Gasteiger partial charge in [-0.25, -0.2) is 4.39 Å². The van der Waals surface area contributed by atoms with Crippen molar-refractivity contribution in [1.82, 2.24) is 0 Å². The van der Waals surface area contributed by atoms with Gasteiger partial charge < -0.3 is 5.11 Å². The summed E-state index contributed by atoms with van der Waals surface area (Å²) in [5.74, 6) is -1.31. The number of benzene rings is 1. The normalized spacial score (nSPS) is 14.3. The van der Waals surface area contributed by atoms with Crippen LogP contribution in [0.4, 0.5) is 4.39 Å². The van der Waals surface area contributed by atoms with Crippen molar-refractivity contribution in [1.29, 1.82) is 0 Å². The van der Waals surface area contributed by atoms with Crippen molar-refractivity contribution < 1.29 is 14.3 Å². The number of carboxylic acid groups (broad SMARTS) is 1. The molecule has 1 N–H and O–H groups in total. The topological polar surface area (TPSA) is 37.3 Å². The Kier molecular flexibility index (Phi) is 3.24. The maximum absolute atomic E-state index is 12.7. The van der Waals surface area contributed by atoms with Crippen LogP contribution in [-0.4, -0.2) is 11.1 Å². The molecular formula is C12H13FO2. The van der Waals surface area contributed by atoms with E-state index in [9.17, 15) is 9.18 Å². The van der Waals surface area contributed by atoms with Crippen LogP contribution in [0.1, 0.15) is 18.9 Å². The summed E-state index contributed by atoms with van der Waals surface area (Å²) in [6.45, 7) is 5.14. The van der Waals surface area contributed by atoms with E-state index in [2.05, 4.69) is 6.58 Å². The first kappa shape index (κ1) is 11.4. The number of halogens is 1. The molecule has 0 aromatic heterocycles. The van der Waals surface area contributed by atoms with Crippen LogP contribution in [-0.2, 0) is 10.2 Å². The van der Waals surface area contributed by atoms with Gasteiger partial charge in [0, 0.05) is 0 Å². The van der Waals surface area contributed by atoms with Crippen molar-refractivity contribution in [3.63, 3.8) is 0 Å². The highest BCUT2D eigenvalue weighted by Crippen LogP contribution is 2.28. The van der Waals surface area contributed by atoms with Crippen LogP contribution in [0.2, 0.25) is 0 Å². The van der Waals surface area contributed by atoms with Gasteiger partial charge in [-0.1, -0.05) is 18.2 Å². The standard InChI is InChI=1S/C12H13FO2/c1-3-8-12(2,11(14)15)9-4-6-10(13)7-5-9/h3-7H,1,8H2,2H3,(H,14,15)/t12-/m1/s1. The Labute approximate surface area is 88.1 Å². The molecule has 0 spiro atoms. The highest BCUT2D eigenvalue weighted by Gasteiger charge is 2.33. The fraction of sp³-hybridized carbons (Fsp3) is 0.250. The van der Waals surface area contributed by atoms with E-state index in [0.29, 0.717) is 12.0 Å². The van der Waals surface area contributed by atoms with Gasteiger partial charge in [0.1, 0.15) is 5.82 Å². The predicted molar refractivity (Wildman–Crippen MR) is 56.2 cm³/mol. The minimum Gasteiger partial charge on any atom is -0.481 e. The van der Waals surface area contributed by atoms with Crippen LogP contribution in [0.15, 0.2) is 36.9 Å². The van der Waals surface area contributed by atoms with Crippen molar-refractivity contribution in [3.05, 3.63) is 48.3 Å². The van der Waals surface area contributed by atoms with Crippen molar-refractivity contribution in [2.75, 3.05) is 0 Å². The summed E-state index contributed by atoms with van der Waals surface area (Å²) < 4.78 is 12.7. The Hall–Kier alpha value is -1.64. The maximum Gasteiger partial charge on any atom is 0.314 e. The number of hydrogen-bond donors (Lipinski definition) is 1. The van der Waals surface area contributed by atoms with Gasteiger partial charge in [-0.2, -0.15) is 0 Å². The van der Waals surface area contributed by atoms with E-state index in [1.165, 1.54) is 24.3 Å². The molecule has 2 nitrogen and oxygen atoms in total. The van der Waals surface area contributed by atoms with E-state index in [-0.39, 0.29) is 5.82 Å². The fourth-order valence-electron chi connectivity index (χ4n) is 1.44. The van der Waals surface area contributed by atoms with Crippen molar-refractivity contribution in [3.8, 4) is 0 Å². The SMILES string of the molecule is C=CC[C@@](C)(C(=O)O)c1ccc(F)cc1. The number of carbonyl (C=O) groups is 1. The van der Waals surface area contributed by atoms with Crippen LogP contribution < -0.4 is 0 Å². The highest BCUT2D eigenvalue weighted by molar-refractivity contribution is 5.81. The van der Waals surface area contributed by atoms with Crippen LogP contribution in [0, 0.1) is 5.82 Å². The van der Waals surface area contributed by atoms with Gasteiger partial charge in [-0.3, -0.25) is 4.79 Å². The molecule has 3 heteroatoms. The Balaban J connectivity index is 3.14. The molecule has 0 radical (unpaired) electrons. The molecular weight excluding hydrogens is 195 g/mol. The minimum absolute atomic E-state index is 0.313. The van der Waals surface area contributed by atoms with Crippen molar-refractivity contribution in [2.24, 2.45) is 0 Å². The zero-order valence-electron chi connectivity index (χ0n) is 8.53. The summed E-state index contributed by atoms with van der Waals surface area (Å²) in [5.41, 5.74) is -0.452. The molecule has 0 amide bonds. The summed E-state index contributed by atoms with van der Waals surface area (Å²) in [4.78, 5) is 11.2. The number of aliphatic carboxylic acids is 1. The van der Waals surface area contributed by atoms with E-state index in [4.69, 9.17) is 5.11 Å². The Morgan fingerprint density at radius 1 is 1.53 bits per heavy atom. The van der Waals surface area contributed by atoms with Gasteiger partial charge >= 0.3 is 5.97 Å². The van der Waals surface area contributed by atoms with E-state index >= 15 is 0 Å². The Bertz CT molecular complexity index is 370. The molecule has 1 atom stereocenters. The maximum atomic E-state index is 12.7. The molecule has 0 fully saturated rings. The molecule has 0 aliphatic carbocycles. The Morgan fingerprint density at radius 2 is 2.07 bits per heavy atom. The van der Waals surface area contributed by atoms with Gasteiger partial charge in [-0.05, 0) is 31.0 Å². The molecule has 1 aromatic rings. The average Bonchev–Trinajstić information content (AvgIpc) is 2.18. The van der Waals surface area contributed by atoms with E-state index in [0.717, 1.165) is 0 Å². The molecule has 0 bridgehead atoms. The van der Waals surface area contributed by atoms with Crippen LogP contribution >= 0.6 is 0 Å². The number of hydrogen-bond acceptors (Lipinski definition) is 1. The predicted octanol–water partition coefficient (Wildman–Crippen LogP) is 2.74. The lowest BCUT2D eigenvalue weighted by atomic mass is 9.79. The number of allylic oxidation sites excluding steroid dienone is 1. The summed E-state index contributed by atoms with van der Waals surface area (Å²) in [5, 5.41) is 9.14. The van der Waals surface area contributed by atoms with Gasteiger partial charge in [-0.15, -0.1) is 6.58 Å². The minimum atomic E-state index is -1.03. The second-order valence-corrected chi connectivity index (χ2v) is 3.64. The van der Waals surface area contributed by atoms with Gasteiger partial charge in [0.25, 0.3) is 0 Å². The first-order chi connectivity index (χ1) is 7.00. The van der Waals surface area contributed by atoms with Crippen molar-refractivity contribution >= 4 is 5.97 Å². The summed E-state index contributed by atoms with van der Waals surface area (Å²) in [6, 6.07) is 5.51. The van der Waals surface area contributed by atoms with Gasteiger partial charge in [0.15, 0.2) is 0 Å². The first-order valence-corrected chi connectivity index (χ1v) is 4.61. The number of rotatable bonds is 4. The fourth-order valence-corrected chi connectivity index (χ4v) is 1.44. The quantitative estimate of drug-likeness (QED) is 0.772. The third-order valence-electron chi connectivity index (χ3n) is 2.51. The van der Waals surface area contributed by atoms with E-state index < -0.39 is 11.4 Å². The van der Waals surface area contributed by atoms with E-state index in [1.807, 2.05) is 0 Å². The summed E-state index contributed by atoms with van der Waals surface area (Å²) in [7, 11) is 0. The van der Waals surface area contributed by atoms with Crippen LogP contribution in [0.25, 0.3) is 0 Å². The van der Waals surface area contributed by atoms with Gasteiger partial charge in [0.05, 0.1) is 5.41 Å². The monoisotopic (exact) mass is 208 g/mol. The zero-order chi connectivity index (χ0) is 11.5. The lowest BCUT2D eigenvalue weighted by Gasteiger charge is -2.23.